The molecule has 0 aliphatic heterocycles. The number of nitro benzene ring substituents is 1. The Labute approximate surface area is 103 Å². The molecule has 5 nitrogen and oxygen atoms in total. The number of nitrogens with zero attached hydrogens (tertiary/aromatic N) is 3. The predicted molar refractivity (Wildman–Crippen MR) is 65.8 cm³/mol. The molecular formula is C13H9N3O2. The first kappa shape index (κ1) is 11.7. The van der Waals surface area contributed by atoms with Crippen LogP contribution in [0.15, 0.2) is 36.4 Å². The number of non-ortho nitro benzene ring substituents is 1. The Hall–Kier alpha value is -2.74. The van der Waals surface area contributed by atoms with Gasteiger partial charge in [-0.05, 0) is 36.8 Å². The largest absolute Gasteiger partial charge is 0.269 e. The maximum Gasteiger partial charge on any atom is 0.269 e. The molecule has 0 amide bonds. The summed E-state index contributed by atoms with van der Waals surface area (Å²) in [7, 11) is 0. The van der Waals surface area contributed by atoms with E-state index in [1.54, 1.807) is 18.2 Å². The topological polar surface area (TPSA) is 79.8 Å². The summed E-state index contributed by atoms with van der Waals surface area (Å²) in [6.45, 7) is 1.87. The highest BCUT2D eigenvalue weighted by Crippen LogP contribution is 2.21. The van der Waals surface area contributed by atoms with Gasteiger partial charge in [-0.15, -0.1) is 0 Å². The van der Waals surface area contributed by atoms with Gasteiger partial charge in [0.25, 0.3) is 5.69 Å². The van der Waals surface area contributed by atoms with Crippen molar-refractivity contribution < 1.29 is 4.92 Å². The summed E-state index contributed by atoms with van der Waals surface area (Å²) < 4.78 is 0. The van der Waals surface area contributed by atoms with E-state index in [1.807, 2.05) is 19.1 Å². The van der Waals surface area contributed by atoms with Gasteiger partial charge in [0.15, 0.2) is 0 Å². The first-order valence-corrected chi connectivity index (χ1v) is 5.24. The van der Waals surface area contributed by atoms with Crippen molar-refractivity contribution in [2.45, 2.75) is 6.92 Å². The van der Waals surface area contributed by atoms with Crippen molar-refractivity contribution in [3.63, 3.8) is 0 Å². The van der Waals surface area contributed by atoms with Crippen LogP contribution < -0.4 is 0 Å². The molecule has 0 fully saturated rings. The number of hydrogen-bond donors (Lipinski definition) is 0. The highest BCUT2D eigenvalue weighted by molar-refractivity contribution is 5.62. The van der Waals surface area contributed by atoms with Crippen molar-refractivity contribution in [2.24, 2.45) is 0 Å². The van der Waals surface area contributed by atoms with Crippen LogP contribution in [0, 0.1) is 28.4 Å². The summed E-state index contributed by atoms with van der Waals surface area (Å²) in [6.07, 6.45) is 0. The molecule has 1 aromatic carbocycles. The molecule has 0 aliphatic carbocycles. The second-order valence-electron chi connectivity index (χ2n) is 3.83. The Bertz CT molecular complexity index is 642. The predicted octanol–water partition coefficient (Wildman–Crippen LogP) is 2.84. The molecule has 1 heterocycles. The minimum absolute atomic E-state index is 0.0342. The molecule has 2 rings (SSSR count). The highest BCUT2D eigenvalue weighted by atomic mass is 16.6. The Balaban J connectivity index is 2.46. The number of nitro groups is 1. The minimum Gasteiger partial charge on any atom is -0.258 e. The quantitative estimate of drug-likeness (QED) is 0.596. The normalized spacial score (nSPS) is 9.78. The van der Waals surface area contributed by atoms with Crippen molar-refractivity contribution in [3.8, 4) is 17.3 Å². The lowest BCUT2D eigenvalue weighted by molar-refractivity contribution is -0.384. The second-order valence-corrected chi connectivity index (χ2v) is 3.83. The third-order valence-electron chi connectivity index (χ3n) is 2.46. The van der Waals surface area contributed by atoms with E-state index in [4.69, 9.17) is 5.26 Å². The van der Waals surface area contributed by atoms with Crippen LogP contribution in [0.3, 0.4) is 0 Å². The molecule has 1 aromatic heterocycles. The minimum atomic E-state index is -0.450. The van der Waals surface area contributed by atoms with Crippen LogP contribution in [0.25, 0.3) is 11.3 Å². The fourth-order valence-corrected chi connectivity index (χ4v) is 1.63. The van der Waals surface area contributed by atoms with Gasteiger partial charge >= 0.3 is 0 Å². The van der Waals surface area contributed by atoms with Crippen LogP contribution in [0.2, 0.25) is 0 Å². The molecule has 0 N–H and O–H groups in total. The fraction of sp³-hybridized carbons (Fsp3) is 0.0769. The van der Waals surface area contributed by atoms with Gasteiger partial charge in [0.05, 0.1) is 10.6 Å². The number of aromatic nitrogens is 1. The molecule has 0 spiro atoms. The smallest absolute Gasteiger partial charge is 0.258 e. The van der Waals surface area contributed by atoms with Crippen molar-refractivity contribution in [1.29, 1.82) is 5.26 Å². The summed E-state index contributed by atoms with van der Waals surface area (Å²) in [5.41, 5.74) is 2.69. The van der Waals surface area contributed by atoms with Crippen LogP contribution in [0.5, 0.6) is 0 Å². The number of rotatable bonds is 2. The zero-order valence-corrected chi connectivity index (χ0v) is 9.62. The monoisotopic (exact) mass is 239 g/mol. The number of hydrogen-bond acceptors (Lipinski definition) is 4. The third kappa shape index (κ3) is 2.33. The van der Waals surface area contributed by atoms with Gasteiger partial charge in [0.2, 0.25) is 0 Å². The molecule has 0 saturated carbocycles. The van der Waals surface area contributed by atoms with Crippen molar-refractivity contribution in [1.82, 2.24) is 4.98 Å². The van der Waals surface area contributed by atoms with Crippen molar-refractivity contribution in [2.75, 3.05) is 0 Å². The molecule has 5 heteroatoms. The molecule has 0 radical (unpaired) electrons. The van der Waals surface area contributed by atoms with E-state index in [0.29, 0.717) is 11.4 Å². The number of pyridine rings is 1. The van der Waals surface area contributed by atoms with Crippen LogP contribution in [-0.2, 0) is 0 Å². The van der Waals surface area contributed by atoms with E-state index in [1.165, 1.54) is 12.1 Å². The van der Waals surface area contributed by atoms with Gasteiger partial charge in [-0.2, -0.15) is 5.26 Å². The molecule has 0 saturated heterocycles. The van der Waals surface area contributed by atoms with E-state index in [9.17, 15) is 10.1 Å². The molecular weight excluding hydrogens is 230 g/mol. The van der Waals surface area contributed by atoms with Gasteiger partial charge in [0, 0.05) is 17.7 Å². The molecule has 0 atom stereocenters. The SMILES string of the molecule is Cc1cc(C#N)nc(-c2ccc([N+](=O)[O-])cc2)c1. The lowest BCUT2D eigenvalue weighted by Gasteiger charge is -2.02. The van der Waals surface area contributed by atoms with E-state index in [-0.39, 0.29) is 5.69 Å². The van der Waals surface area contributed by atoms with Gasteiger partial charge in [-0.25, -0.2) is 4.98 Å². The lowest BCUT2D eigenvalue weighted by atomic mass is 10.1. The highest BCUT2D eigenvalue weighted by Gasteiger charge is 2.07. The Kier molecular flexibility index (Phi) is 3.02. The van der Waals surface area contributed by atoms with Crippen LogP contribution >= 0.6 is 0 Å². The average Bonchev–Trinajstić information content (AvgIpc) is 2.38. The summed E-state index contributed by atoms with van der Waals surface area (Å²) in [5.74, 6) is 0. The van der Waals surface area contributed by atoms with Crippen LogP contribution in [-0.4, -0.2) is 9.91 Å². The second kappa shape index (κ2) is 4.63. The summed E-state index contributed by atoms with van der Waals surface area (Å²) in [5, 5.41) is 19.4. The Morgan fingerprint density at radius 1 is 1.28 bits per heavy atom. The van der Waals surface area contributed by atoms with Crippen molar-refractivity contribution in [3.05, 3.63) is 57.8 Å². The zero-order valence-electron chi connectivity index (χ0n) is 9.62. The van der Waals surface area contributed by atoms with Gasteiger partial charge in [0.1, 0.15) is 11.8 Å². The van der Waals surface area contributed by atoms with E-state index >= 15 is 0 Å². The van der Waals surface area contributed by atoms with E-state index in [0.717, 1.165) is 11.1 Å². The number of benzene rings is 1. The standard InChI is InChI=1S/C13H9N3O2/c1-9-6-11(8-14)15-13(7-9)10-2-4-12(5-3-10)16(17)18/h2-7H,1H3. The molecule has 0 aliphatic rings. The van der Waals surface area contributed by atoms with Gasteiger partial charge < -0.3 is 0 Å². The first-order chi connectivity index (χ1) is 8.60. The maximum absolute atomic E-state index is 10.6. The van der Waals surface area contributed by atoms with Crippen molar-refractivity contribution >= 4 is 5.69 Å². The maximum atomic E-state index is 10.6. The number of nitriles is 1. The lowest BCUT2D eigenvalue weighted by Crippen LogP contribution is -1.91. The van der Waals surface area contributed by atoms with Crippen LogP contribution in [0.4, 0.5) is 5.69 Å². The average molecular weight is 239 g/mol. The Morgan fingerprint density at radius 2 is 1.94 bits per heavy atom. The summed E-state index contributed by atoms with van der Waals surface area (Å²) in [4.78, 5) is 14.3. The zero-order chi connectivity index (χ0) is 13.1. The van der Waals surface area contributed by atoms with E-state index in [2.05, 4.69) is 4.98 Å². The summed E-state index contributed by atoms with van der Waals surface area (Å²) in [6, 6.07) is 11.6. The number of aryl methyl sites for hydroxylation is 1. The molecule has 0 bridgehead atoms. The molecule has 0 unspecified atom stereocenters. The molecule has 2 aromatic rings. The fourth-order valence-electron chi connectivity index (χ4n) is 1.63. The molecule has 18 heavy (non-hydrogen) atoms. The Morgan fingerprint density at radius 3 is 2.50 bits per heavy atom. The molecule has 88 valence electrons. The van der Waals surface area contributed by atoms with Crippen LogP contribution in [0.1, 0.15) is 11.3 Å². The third-order valence-corrected chi connectivity index (χ3v) is 2.46. The van der Waals surface area contributed by atoms with E-state index < -0.39 is 4.92 Å². The van der Waals surface area contributed by atoms with Gasteiger partial charge in [-0.1, -0.05) is 0 Å². The first-order valence-electron chi connectivity index (χ1n) is 5.24. The van der Waals surface area contributed by atoms with Gasteiger partial charge in [-0.3, -0.25) is 10.1 Å². The summed E-state index contributed by atoms with van der Waals surface area (Å²) >= 11 is 0.